The van der Waals surface area contributed by atoms with Gasteiger partial charge >= 0.3 is 0 Å². The lowest BCUT2D eigenvalue weighted by Gasteiger charge is -2.33. The van der Waals surface area contributed by atoms with Crippen molar-refractivity contribution < 1.29 is 4.79 Å². The minimum atomic E-state index is -0.0794. The summed E-state index contributed by atoms with van der Waals surface area (Å²) in [6, 6.07) is 9.03. The molecule has 1 amide bonds. The molecule has 1 aliphatic heterocycles. The highest BCUT2D eigenvalue weighted by molar-refractivity contribution is 5.93. The molecule has 1 aromatic heterocycles. The summed E-state index contributed by atoms with van der Waals surface area (Å²) in [6.45, 7) is 4.98. The molecule has 5 heteroatoms. The van der Waals surface area contributed by atoms with Gasteiger partial charge in [-0.15, -0.1) is 0 Å². The van der Waals surface area contributed by atoms with Crippen molar-refractivity contribution >= 4 is 5.91 Å². The van der Waals surface area contributed by atoms with Crippen molar-refractivity contribution in [1.29, 1.82) is 0 Å². The third-order valence-corrected chi connectivity index (χ3v) is 4.84. The lowest BCUT2D eigenvalue weighted by atomic mass is 10.0. The van der Waals surface area contributed by atoms with Gasteiger partial charge in [0.1, 0.15) is 0 Å². The van der Waals surface area contributed by atoms with Crippen LogP contribution in [0.3, 0.4) is 0 Å². The van der Waals surface area contributed by atoms with Crippen molar-refractivity contribution in [3.05, 3.63) is 53.3 Å². The van der Waals surface area contributed by atoms with Gasteiger partial charge in [0.05, 0.1) is 11.8 Å². The van der Waals surface area contributed by atoms with E-state index in [1.165, 1.54) is 30.4 Å². The Labute approximate surface area is 143 Å². The largest absolute Gasteiger partial charge is 0.348 e. The normalized spacial score (nSPS) is 18.5. The van der Waals surface area contributed by atoms with Gasteiger partial charge in [-0.05, 0) is 37.4 Å². The van der Waals surface area contributed by atoms with Gasteiger partial charge in [-0.25, -0.2) is 0 Å². The number of hydrogen-bond acceptors (Lipinski definition) is 3. The number of piperidine rings is 1. The van der Waals surface area contributed by atoms with Crippen LogP contribution in [-0.2, 0) is 20.1 Å². The molecule has 1 fully saturated rings. The van der Waals surface area contributed by atoms with Gasteiger partial charge < -0.3 is 5.32 Å². The zero-order valence-electron chi connectivity index (χ0n) is 14.5. The Morgan fingerprint density at radius 1 is 1.29 bits per heavy atom. The Morgan fingerprint density at radius 2 is 2.08 bits per heavy atom. The van der Waals surface area contributed by atoms with E-state index in [4.69, 9.17) is 0 Å². The molecule has 1 unspecified atom stereocenters. The molecule has 0 spiro atoms. The summed E-state index contributed by atoms with van der Waals surface area (Å²) in [6.07, 6.45) is 7.22. The highest BCUT2D eigenvalue weighted by Gasteiger charge is 2.19. The average Bonchev–Trinajstić information content (AvgIpc) is 3.02. The first-order valence-corrected chi connectivity index (χ1v) is 8.71. The summed E-state index contributed by atoms with van der Waals surface area (Å²) in [5.74, 6) is -0.0794. The molecule has 2 aromatic rings. The van der Waals surface area contributed by atoms with Crippen LogP contribution in [-0.4, -0.2) is 33.2 Å². The van der Waals surface area contributed by atoms with E-state index < -0.39 is 0 Å². The number of aromatic nitrogens is 2. The van der Waals surface area contributed by atoms with Crippen molar-refractivity contribution in [3.8, 4) is 0 Å². The van der Waals surface area contributed by atoms with E-state index in [-0.39, 0.29) is 5.91 Å². The molecule has 0 radical (unpaired) electrons. The molecule has 1 N–H and O–H groups in total. The molecular formula is C19H26N4O. The number of rotatable bonds is 5. The van der Waals surface area contributed by atoms with E-state index in [2.05, 4.69) is 40.4 Å². The second-order valence-electron chi connectivity index (χ2n) is 6.67. The molecule has 24 heavy (non-hydrogen) atoms. The molecule has 0 saturated carbocycles. The molecule has 1 aliphatic rings. The van der Waals surface area contributed by atoms with E-state index in [0.717, 1.165) is 13.1 Å². The smallest absolute Gasteiger partial charge is 0.254 e. The number of carbonyl (C=O) groups is 1. The highest BCUT2D eigenvalue weighted by atomic mass is 16.1. The maximum Gasteiger partial charge on any atom is 0.254 e. The van der Waals surface area contributed by atoms with Crippen molar-refractivity contribution in [1.82, 2.24) is 20.0 Å². The number of benzene rings is 1. The molecular weight excluding hydrogens is 300 g/mol. The number of hydrogen-bond donors (Lipinski definition) is 1. The zero-order valence-corrected chi connectivity index (χ0v) is 14.5. The van der Waals surface area contributed by atoms with Crippen molar-refractivity contribution in [3.63, 3.8) is 0 Å². The molecule has 5 nitrogen and oxygen atoms in total. The standard InChI is InChI=1S/C19H26N4O/c1-15-7-5-6-10-23(15)14-17-9-4-3-8-16(17)11-20-19(24)18-12-21-22(2)13-18/h3-4,8-9,12-13,15H,5-7,10-11,14H2,1-2H3,(H,20,24). The van der Waals surface area contributed by atoms with Crippen LogP contribution < -0.4 is 5.32 Å². The fourth-order valence-corrected chi connectivity index (χ4v) is 3.31. The molecule has 128 valence electrons. The molecule has 3 rings (SSSR count). The van der Waals surface area contributed by atoms with Gasteiger partial charge in [0.2, 0.25) is 0 Å². The van der Waals surface area contributed by atoms with Crippen LogP contribution >= 0.6 is 0 Å². The fraction of sp³-hybridized carbons (Fsp3) is 0.474. The lowest BCUT2D eigenvalue weighted by molar-refractivity contribution is 0.0950. The van der Waals surface area contributed by atoms with E-state index in [0.29, 0.717) is 18.2 Å². The van der Waals surface area contributed by atoms with Crippen LogP contribution in [0.1, 0.15) is 47.7 Å². The number of likely N-dealkylation sites (tertiary alicyclic amines) is 1. The van der Waals surface area contributed by atoms with Crippen molar-refractivity contribution in [2.75, 3.05) is 6.54 Å². The highest BCUT2D eigenvalue weighted by Crippen LogP contribution is 2.20. The van der Waals surface area contributed by atoms with E-state index in [1.54, 1.807) is 17.1 Å². The van der Waals surface area contributed by atoms with Gasteiger partial charge in [0, 0.05) is 32.4 Å². The Bertz CT molecular complexity index is 694. The maximum atomic E-state index is 12.2. The maximum absolute atomic E-state index is 12.2. The number of nitrogens with one attached hydrogen (secondary N) is 1. The monoisotopic (exact) mass is 326 g/mol. The van der Waals surface area contributed by atoms with Gasteiger partial charge in [-0.3, -0.25) is 14.4 Å². The van der Waals surface area contributed by atoms with E-state index in [9.17, 15) is 4.79 Å². The SMILES string of the molecule is CC1CCCCN1Cc1ccccc1CNC(=O)c1cnn(C)c1. The number of nitrogens with zero attached hydrogens (tertiary/aromatic N) is 3. The van der Waals surface area contributed by atoms with Crippen LogP contribution in [0.4, 0.5) is 0 Å². The zero-order chi connectivity index (χ0) is 16.9. The van der Waals surface area contributed by atoms with E-state index in [1.807, 2.05) is 13.1 Å². The minimum absolute atomic E-state index is 0.0794. The predicted molar refractivity (Wildman–Crippen MR) is 94.5 cm³/mol. The summed E-state index contributed by atoms with van der Waals surface area (Å²) in [5, 5.41) is 7.05. The Hall–Kier alpha value is -2.14. The Kier molecular flexibility index (Phi) is 5.30. The molecule has 1 saturated heterocycles. The first-order chi connectivity index (χ1) is 11.6. The van der Waals surface area contributed by atoms with Gasteiger partial charge in [-0.2, -0.15) is 5.10 Å². The average molecular weight is 326 g/mol. The van der Waals surface area contributed by atoms with Crippen LogP contribution in [0, 0.1) is 0 Å². The summed E-state index contributed by atoms with van der Waals surface area (Å²) >= 11 is 0. The fourth-order valence-electron chi connectivity index (χ4n) is 3.31. The van der Waals surface area contributed by atoms with Crippen LogP contribution in [0.25, 0.3) is 0 Å². The van der Waals surface area contributed by atoms with Crippen molar-refractivity contribution in [2.24, 2.45) is 7.05 Å². The Balaban J connectivity index is 1.64. The third-order valence-electron chi connectivity index (χ3n) is 4.84. The summed E-state index contributed by atoms with van der Waals surface area (Å²) in [7, 11) is 1.81. The van der Waals surface area contributed by atoms with Crippen molar-refractivity contribution in [2.45, 2.75) is 45.3 Å². The topological polar surface area (TPSA) is 50.2 Å². The van der Waals surface area contributed by atoms with Crippen LogP contribution in [0.15, 0.2) is 36.7 Å². The van der Waals surface area contributed by atoms with Gasteiger partial charge in [0.25, 0.3) is 5.91 Å². The second-order valence-corrected chi connectivity index (χ2v) is 6.67. The van der Waals surface area contributed by atoms with E-state index >= 15 is 0 Å². The number of carbonyl (C=O) groups excluding carboxylic acids is 1. The van der Waals surface area contributed by atoms with Gasteiger partial charge in [-0.1, -0.05) is 30.7 Å². The van der Waals surface area contributed by atoms with Crippen LogP contribution in [0.5, 0.6) is 0 Å². The first-order valence-electron chi connectivity index (χ1n) is 8.71. The molecule has 2 heterocycles. The molecule has 1 atom stereocenters. The third kappa shape index (κ3) is 4.03. The molecule has 1 aromatic carbocycles. The van der Waals surface area contributed by atoms with Gasteiger partial charge in [0.15, 0.2) is 0 Å². The first kappa shape index (κ1) is 16.7. The van der Waals surface area contributed by atoms with Crippen LogP contribution in [0.2, 0.25) is 0 Å². The lowest BCUT2D eigenvalue weighted by Crippen LogP contribution is -2.37. The number of amides is 1. The minimum Gasteiger partial charge on any atom is -0.348 e. The second kappa shape index (κ2) is 7.62. The summed E-state index contributed by atoms with van der Waals surface area (Å²) < 4.78 is 1.64. The quantitative estimate of drug-likeness (QED) is 0.919. The predicted octanol–water partition coefficient (Wildman–Crippen LogP) is 2.72. The summed E-state index contributed by atoms with van der Waals surface area (Å²) in [4.78, 5) is 14.8. The molecule has 0 aliphatic carbocycles. The molecule has 0 bridgehead atoms. The number of aryl methyl sites for hydroxylation is 1. The summed E-state index contributed by atoms with van der Waals surface area (Å²) in [5.41, 5.74) is 3.09. The Morgan fingerprint density at radius 3 is 2.79 bits per heavy atom.